The zero-order valence-corrected chi connectivity index (χ0v) is 20.6. The van der Waals surface area contributed by atoms with Crippen molar-refractivity contribution in [3.8, 4) is 5.75 Å². The number of furan rings is 1. The molecule has 1 aromatic carbocycles. The minimum atomic E-state index is -0.366. The van der Waals surface area contributed by atoms with Crippen molar-refractivity contribution >= 4 is 22.9 Å². The van der Waals surface area contributed by atoms with Crippen LogP contribution in [0.1, 0.15) is 42.4 Å². The summed E-state index contributed by atoms with van der Waals surface area (Å²) in [6.07, 6.45) is 5.82. The number of rotatable bonds is 8. The smallest absolute Gasteiger partial charge is 0.231 e. The molecule has 5 rings (SSSR count). The van der Waals surface area contributed by atoms with Crippen molar-refractivity contribution in [1.82, 2.24) is 10.2 Å². The number of anilines is 1. The average molecular weight is 480 g/mol. The molecule has 1 aliphatic heterocycles. The maximum Gasteiger partial charge on any atom is 0.231 e. The lowest BCUT2D eigenvalue weighted by molar-refractivity contribution is -0.126. The predicted molar refractivity (Wildman–Crippen MR) is 136 cm³/mol. The van der Waals surface area contributed by atoms with E-state index >= 15 is 0 Å². The zero-order chi connectivity index (χ0) is 23.4. The summed E-state index contributed by atoms with van der Waals surface area (Å²) in [6, 6.07) is 16.4. The van der Waals surface area contributed by atoms with Gasteiger partial charge in [-0.25, -0.2) is 0 Å². The molecule has 1 aliphatic carbocycles. The monoisotopic (exact) mass is 479 g/mol. The van der Waals surface area contributed by atoms with E-state index in [2.05, 4.69) is 44.8 Å². The summed E-state index contributed by atoms with van der Waals surface area (Å²) in [5.74, 6) is 1.95. The van der Waals surface area contributed by atoms with Gasteiger partial charge in [-0.2, -0.15) is 0 Å². The summed E-state index contributed by atoms with van der Waals surface area (Å²) >= 11 is 1.70. The van der Waals surface area contributed by atoms with Gasteiger partial charge >= 0.3 is 0 Å². The van der Waals surface area contributed by atoms with E-state index in [-0.39, 0.29) is 17.4 Å². The first-order chi connectivity index (χ1) is 16.7. The molecule has 6 nitrogen and oxygen atoms in total. The molecule has 2 aliphatic rings. The van der Waals surface area contributed by atoms with Gasteiger partial charge in [0.05, 0.1) is 24.8 Å². The molecule has 0 spiro atoms. The highest BCUT2D eigenvalue weighted by Gasteiger charge is 2.43. The van der Waals surface area contributed by atoms with Crippen molar-refractivity contribution in [1.29, 1.82) is 0 Å². The van der Waals surface area contributed by atoms with Crippen LogP contribution in [0.3, 0.4) is 0 Å². The Kier molecular flexibility index (Phi) is 6.92. The molecule has 0 bridgehead atoms. The van der Waals surface area contributed by atoms with Crippen LogP contribution in [0, 0.1) is 0 Å². The van der Waals surface area contributed by atoms with E-state index in [4.69, 9.17) is 9.15 Å². The van der Waals surface area contributed by atoms with Crippen molar-refractivity contribution in [3.05, 3.63) is 70.8 Å². The summed E-state index contributed by atoms with van der Waals surface area (Å²) in [7, 11) is 1.69. The first kappa shape index (κ1) is 23.0. The minimum Gasteiger partial charge on any atom is -0.497 e. The summed E-state index contributed by atoms with van der Waals surface area (Å²) < 4.78 is 11.1. The molecule has 2 fully saturated rings. The van der Waals surface area contributed by atoms with Crippen LogP contribution in [0.2, 0.25) is 0 Å². The van der Waals surface area contributed by atoms with Gasteiger partial charge in [0, 0.05) is 43.3 Å². The van der Waals surface area contributed by atoms with Gasteiger partial charge in [-0.1, -0.05) is 18.9 Å². The molecule has 0 radical (unpaired) electrons. The fourth-order valence-corrected chi connectivity index (χ4v) is 6.43. The van der Waals surface area contributed by atoms with Crippen LogP contribution in [-0.2, 0) is 10.2 Å². The number of benzene rings is 1. The predicted octanol–water partition coefficient (Wildman–Crippen LogP) is 4.84. The van der Waals surface area contributed by atoms with Gasteiger partial charge in [-0.05, 0) is 60.7 Å². The van der Waals surface area contributed by atoms with Crippen LogP contribution in [0.15, 0.2) is 64.6 Å². The number of nitrogens with zero attached hydrogens (tertiary/aromatic N) is 2. The van der Waals surface area contributed by atoms with E-state index in [1.807, 2.05) is 24.3 Å². The van der Waals surface area contributed by atoms with Crippen molar-refractivity contribution in [2.24, 2.45) is 0 Å². The molecule has 1 saturated carbocycles. The van der Waals surface area contributed by atoms with Gasteiger partial charge in [0.25, 0.3) is 0 Å². The molecule has 1 amide bonds. The number of piperazine rings is 1. The largest absolute Gasteiger partial charge is 0.497 e. The van der Waals surface area contributed by atoms with Gasteiger partial charge in [-0.15, -0.1) is 11.3 Å². The maximum atomic E-state index is 13.5. The van der Waals surface area contributed by atoms with E-state index in [9.17, 15) is 4.79 Å². The van der Waals surface area contributed by atoms with Crippen LogP contribution < -0.4 is 15.0 Å². The van der Waals surface area contributed by atoms with E-state index in [0.29, 0.717) is 6.54 Å². The molecule has 7 heteroatoms. The topological polar surface area (TPSA) is 58.0 Å². The quantitative estimate of drug-likeness (QED) is 0.501. The zero-order valence-electron chi connectivity index (χ0n) is 19.7. The summed E-state index contributed by atoms with van der Waals surface area (Å²) in [5, 5.41) is 5.41. The Bertz CT molecular complexity index is 1040. The molecule has 3 aromatic rings. The highest BCUT2D eigenvalue weighted by molar-refractivity contribution is 7.10. The molecule has 1 atom stereocenters. The van der Waals surface area contributed by atoms with Gasteiger partial charge < -0.3 is 19.4 Å². The molecular weight excluding hydrogens is 446 g/mol. The molecule has 3 heterocycles. The van der Waals surface area contributed by atoms with Gasteiger partial charge in [0.1, 0.15) is 11.5 Å². The minimum absolute atomic E-state index is 0.0266. The van der Waals surface area contributed by atoms with E-state index in [0.717, 1.165) is 63.4 Å². The van der Waals surface area contributed by atoms with Crippen LogP contribution in [0.5, 0.6) is 5.75 Å². The number of methoxy groups -OCH3 is 1. The SMILES string of the molecule is COc1ccc(N2CCN(C(CNC(=O)C3(c4cccs4)CCCC3)c3ccco3)CC2)cc1. The van der Waals surface area contributed by atoms with Crippen molar-refractivity contribution in [2.75, 3.05) is 44.7 Å². The first-order valence-electron chi connectivity index (χ1n) is 12.2. The Hall–Kier alpha value is -2.77. The molecular formula is C27H33N3O3S. The lowest BCUT2D eigenvalue weighted by Crippen LogP contribution is -2.51. The third-order valence-corrected chi connectivity index (χ3v) is 8.48. The number of hydrogen-bond donors (Lipinski definition) is 1. The van der Waals surface area contributed by atoms with E-state index in [1.54, 1.807) is 24.7 Å². The normalized spacial score (nSPS) is 19.1. The highest BCUT2D eigenvalue weighted by atomic mass is 32.1. The number of nitrogens with one attached hydrogen (secondary N) is 1. The third-order valence-electron chi connectivity index (χ3n) is 7.40. The number of amides is 1. The van der Waals surface area contributed by atoms with Crippen molar-refractivity contribution in [2.45, 2.75) is 37.1 Å². The summed E-state index contributed by atoms with van der Waals surface area (Å²) in [5.41, 5.74) is 0.844. The molecule has 2 aromatic heterocycles. The summed E-state index contributed by atoms with van der Waals surface area (Å²) in [6.45, 7) is 4.22. The fourth-order valence-electron chi connectivity index (χ4n) is 5.45. The number of thiophene rings is 1. The van der Waals surface area contributed by atoms with Crippen LogP contribution in [0.4, 0.5) is 5.69 Å². The molecule has 34 heavy (non-hydrogen) atoms. The second-order valence-corrected chi connectivity index (χ2v) is 10.2. The molecule has 180 valence electrons. The molecule has 1 unspecified atom stereocenters. The van der Waals surface area contributed by atoms with Crippen LogP contribution in [-0.4, -0.2) is 50.6 Å². The Labute approximate surface area is 205 Å². The Morgan fingerprint density at radius 3 is 2.47 bits per heavy atom. The summed E-state index contributed by atoms with van der Waals surface area (Å²) in [4.78, 5) is 19.6. The van der Waals surface area contributed by atoms with Crippen molar-refractivity contribution < 1.29 is 13.9 Å². The lowest BCUT2D eigenvalue weighted by atomic mass is 9.83. The second kappa shape index (κ2) is 10.2. The molecule has 1 saturated heterocycles. The van der Waals surface area contributed by atoms with Crippen LogP contribution in [0.25, 0.3) is 0 Å². The Balaban J connectivity index is 1.25. The first-order valence-corrected chi connectivity index (χ1v) is 13.1. The Morgan fingerprint density at radius 2 is 1.85 bits per heavy atom. The standard InChI is InChI=1S/C27H33N3O3S/c1-32-22-10-8-21(9-11-22)29-14-16-30(17-15-29)23(24-6-4-18-33-24)20-28-26(31)27(12-2-3-13-27)25-7-5-19-34-25/h4-11,18-19,23H,2-3,12-17,20H2,1H3,(H,28,31). The fraction of sp³-hybridized carbons (Fsp3) is 0.444. The van der Waals surface area contributed by atoms with Gasteiger partial charge in [0.15, 0.2) is 0 Å². The van der Waals surface area contributed by atoms with Gasteiger partial charge in [0.2, 0.25) is 5.91 Å². The number of ether oxygens (including phenoxy) is 1. The Morgan fingerprint density at radius 1 is 1.09 bits per heavy atom. The molecule has 1 N–H and O–H groups in total. The van der Waals surface area contributed by atoms with Gasteiger partial charge in [-0.3, -0.25) is 9.69 Å². The van der Waals surface area contributed by atoms with Crippen molar-refractivity contribution in [3.63, 3.8) is 0 Å². The average Bonchev–Trinajstić information content (AvgIpc) is 3.67. The number of carbonyl (C=O) groups excluding carboxylic acids is 1. The third kappa shape index (κ3) is 4.59. The number of carbonyl (C=O) groups is 1. The second-order valence-electron chi connectivity index (χ2n) is 9.23. The van der Waals surface area contributed by atoms with Crippen LogP contribution >= 0.6 is 11.3 Å². The lowest BCUT2D eigenvalue weighted by Gasteiger charge is -2.40. The highest BCUT2D eigenvalue weighted by Crippen LogP contribution is 2.43. The number of hydrogen-bond acceptors (Lipinski definition) is 6. The van der Waals surface area contributed by atoms with E-state index in [1.165, 1.54) is 10.6 Å². The maximum absolute atomic E-state index is 13.5. The van der Waals surface area contributed by atoms with E-state index < -0.39 is 0 Å².